The molecule has 0 aliphatic rings. The molecule has 0 aromatic rings. The lowest BCUT2D eigenvalue weighted by atomic mass is 10.2. The van der Waals surface area contributed by atoms with Gasteiger partial charge in [-0.25, -0.2) is 0 Å². The van der Waals surface area contributed by atoms with Gasteiger partial charge in [0.2, 0.25) is 11.8 Å². The fourth-order valence-corrected chi connectivity index (χ4v) is 2.21. The third-order valence-electron chi connectivity index (χ3n) is 2.93. The van der Waals surface area contributed by atoms with Gasteiger partial charge in [0.1, 0.15) is 0 Å². The maximum atomic E-state index is 11.8. The van der Waals surface area contributed by atoms with Gasteiger partial charge in [0.05, 0.1) is 12.6 Å². The van der Waals surface area contributed by atoms with Crippen molar-refractivity contribution in [2.75, 3.05) is 20.3 Å². The Morgan fingerprint density at radius 1 is 1.39 bits per heavy atom. The molecule has 0 saturated heterocycles. The topological polar surface area (TPSA) is 96.9 Å². The van der Waals surface area contributed by atoms with Gasteiger partial charge in [-0.2, -0.15) is 0 Å². The predicted octanol–water partition coefficient (Wildman–Crippen LogP) is 1.07. The molecule has 23 heavy (non-hydrogen) atoms. The molecular formula is C14H25N2O5PS. The van der Waals surface area contributed by atoms with E-state index in [9.17, 15) is 14.5 Å². The lowest BCUT2D eigenvalue weighted by molar-refractivity contribution is -0.123. The Morgan fingerprint density at radius 2 is 2.09 bits per heavy atom. The molecule has 0 saturated carbocycles. The molecule has 0 aromatic heterocycles. The van der Waals surface area contributed by atoms with Crippen molar-refractivity contribution < 1.29 is 23.5 Å². The highest BCUT2D eigenvalue weighted by Crippen LogP contribution is 2.42. The maximum absolute atomic E-state index is 11.8. The summed E-state index contributed by atoms with van der Waals surface area (Å²) in [5.74, 6) is 2.13. The second-order valence-corrected chi connectivity index (χ2v) is 7.72. The first-order chi connectivity index (χ1) is 10.8. The van der Waals surface area contributed by atoms with Crippen molar-refractivity contribution in [1.29, 1.82) is 0 Å². The van der Waals surface area contributed by atoms with E-state index in [1.165, 1.54) is 7.11 Å². The van der Waals surface area contributed by atoms with Crippen LogP contribution in [0.3, 0.4) is 0 Å². The molecule has 7 nitrogen and oxygen atoms in total. The Hall–Kier alpha value is -0.970. The molecule has 0 heterocycles. The zero-order valence-corrected chi connectivity index (χ0v) is 15.3. The van der Waals surface area contributed by atoms with Crippen LogP contribution in [0.5, 0.6) is 0 Å². The van der Waals surface area contributed by atoms with E-state index in [2.05, 4.69) is 21.1 Å². The van der Waals surface area contributed by atoms with E-state index in [0.717, 1.165) is 0 Å². The lowest BCUT2D eigenvalue weighted by Crippen LogP contribution is -2.39. The van der Waals surface area contributed by atoms with Gasteiger partial charge in [-0.15, -0.1) is 12.3 Å². The van der Waals surface area contributed by atoms with E-state index >= 15 is 0 Å². The number of nitrogens with one attached hydrogen (secondary N) is 2. The minimum absolute atomic E-state index is 0.0717. The highest BCUT2D eigenvalue weighted by atomic mass is 32.5. The SMILES string of the molecule is C#CCCCC(=O)NCCC(=O)NC(CC)COP(O)(=S)OC. The number of hydrogen-bond acceptors (Lipinski definition) is 5. The van der Waals surface area contributed by atoms with Gasteiger partial charge in [-0.3, -0.25) is 9.59 Å². The Bertz CT molecular complexity index is 467. The van der Waals surface area contributed by atoms with Gasteiger partial charge in [0.25, 0.3) is 0 Å². The molecule has 132 valence electrons. The van der Waals surface area contributed by atoms with Gasteiger partial charge in [0.15, 0.2) is 0 Å². The van der Waals surface area contributed by atoms with Crippen molar-refractivity contribution in [3.8, 4) is 12.3 Å². The van der Waals surface area contributed by atoms with E-state index in [1.54, 1.807) is 0 Å². The van der Waals surface area contributed by atoms with Crippen LogP contribution in [0.25, 0.3) is 0 Å². The second-order valence-electron chi connectivity index (χ2n) is 4.78. The Labute approximate surface area is 142 Å². The fraction of sp³-hybridized carbons (Fsp3) is 0.714. The van der Waals surface area contributed by atoms with Crippen LogP contribution in [0.1, 0.15) is 39.0 Å². The summed E-state index contributed by atoms with van der Waals surface area (Å²) < 4.78 is 9.74. The van der Waals surface area contributed by atoms with Crippen LogP contribution in [0.15, 0.2) is 0 Å². The van der Waals surface area contributed by atoms with Crippen LogP contribution >= 0.6 is 6.72 Å². The van der Waals surface area contributed by atoms with Crippen molar-refractivity contribution in [2.24, 2.45) is 0 Å². The molecule has 0 bridgehead atoms. The molecule has 2 unspecified atom stereocenters. The van der Waals surface area contributed by atoms with E-state index < -0.39 is 6.72 Å². The highest BCUT2D eigenvalue weighted by molar-refractivity contribution is 8.07. The van der Waals surface area contributed by atoms with Crippen molar-refractivity contribution in [3.63, 3.8) is 0 Å². The molecule has 3 N–H and O–H groups in total. The average Bonchev–Trinajstić information content (AvgIpc) is 2.51. The molecule has 2 amide bonds. The molecule has 0 spiro atoms. The largest absolute Gasteiger partial charge is 0.356 e. The molecule has 0 aliphatic carbocycles. The molecular weight excluding hydrogens is 339 g/mol. The molecule has 0 aromatic carbocycles. The van der Waals surface area contributed by atoms with Crippen LogP contribution in [-0.4, -0.2) is 43.0 Å². The number of carbonyl (C=O) groups is 2. The molecule has 0 fully saturated rings. The average molecular weight is 364 g/mol. The van der Waals surface area contributed by atoms with E-state index in [1.807, 2.05) is 6.92 Å². The van der Waals surface area contributed by atoms with Crippen molar-refractivity contribution in [2.45, 2.75) is 45.1 Å². The minimum Gasteiger partial charge on any atom is -0.356 e. The zero-order valence-electron chi connectivity index (χ0n) is 13.5. The first-order valence-corrected chi connectivity index (χ1v) is 9.96. The predicted molar refractivity (Wildman–Crippen MR) is 92.0 cm³/mol. The summed E-state index contributed by atoms with van der Waals surface area (Å²) in [6.45, 7) is -1.02. The van der Waals surface area contributed by atoms with Gasteiger partial charge < -0.3 is 24.6 Å². The van der Waals surface area contributed by atoms with Gasteiger partial charge in [0, 0.05) is 32.9 Å². The summed E-state index contributed by atoms with van der Waals surface area (Å²) in [6, 6.07) is -0.279. The van der Waals surface area contributed by atoms with Crippen LogP contribution in [0.4, 0.5) is 0 Å². The summed E-state index contributed by atoms with van der Waals surface area (Å²) in [4.78, 5) is 32.7. The van der Waals surface area contributed by atoms with E-state index in [4.69, 9.17) is 22.8 Å². The van der Waals surface area contributed by atoms with Gasteiger partial charge in [-0.1, -0.05) is 6.92 Å². The van der Waals surface area contributed by atoms with Crippen LogP contribution < -0.4 is 10.6 Å². The summed E-state index contributed by atoms with van der Waals surface area (Å²) in [7, 11) is 1.27. The number of hydrogen-bond donors (Lipinski definition) is 3. The van der Waals surface area contributed by atoms with E-state index in [-0.39, 0.29) is 37.4 Å². The first-order valence-electron chi connectivity index (χ1n) is 7.37. The molecule has 9 heteroatoms. The summed E-state index contributed by atoms with van der Waals surface area (Å²) in [6.07, 6.45) is 7.43. The number of terminal acetylenes is 1. The third kappa shape index (κ3) is 12.2. The Morgan fingerprint density at radius 3 is 2.65 bits per heavy atom. The van der Waals surface area contributed by atoms with Crippen molar-refractivity contribution >= 4 is 30.3 Å². The fourth-order valence-electron chi connectivity index (χ4n) is 1.55. The second kappa shape index (κ2) is 12.5. The standard InChI is InChI=1S/C14H25N2O5PS/c1-4-6-7-8-13(17)15-10-9-14(18)16-12(5-2)11-21-22(19,23)20-3/h1,12H,5-11H2,2-3H3,(H,15,17)(H,16,18)(H,19,23). The van der Waals surface area contributed by atoms with Crippen molar-refractivity contribution in [1.82, 2.24) is 10.6 Å². The normalized spacial score (nSPS) is 14.3. The smallest absolute Gasteiger partial charge is 0.324 e. The monoisotopic (exact) mass is 364 g/mol. The Balaban J connectivity index is 3.96. The number of unbranched alkanes of at least 4 members (excludes halogenated alkanes) is 1. The minimum atomic E-state index is -3.22. The number of rotatable bonds is 12. The van der Waals surface area contributed by atoms with Crippen LogP contribution in [0.2, 0.25) is 0 Å². The molecule has 0 radical (unpaired) electrons. The maximum Gasteiger partial charge on any atom is 0.324 e. The molecule has 2 atom stereocenters. The quantitative estimate of drug-likeness (QED) is 0.272. The molecule has 0 rings (SSSR count). The third-order valence-corrected chi connectivity index (χ3v) is 4.63. The van der Waals surface area contributed by atoms with Crippen molar-refractivity contribution in [3.05, 3.63) is 0 Å². The van der Waals surface area contributed by atoms with Gasteiger partial charge >= 0.3 is 6.72 Å². The Kier molecular flexibility index (Phi) is 11.9. The lowest BCUT2D eigenvalue weighted by Gasteiger charge is -2.20. The first kappa shape index (κ1) is 22.0. The summed E-state index contributed by atoms with van der Waals surface area (Å²) in [5.41, 5.74) is 0. The highest BCUT2D eigenvalue weighted by Gasteiger charge is 2.17. The van der Waals surface area contributed by atoms with Crippen LogP contribution in [-0.2, 0) is 30.4 Å². The zero-order chi connectivity index (χ0) is 17.7. The molecule has 0 aliphatic heterocycles. The number of carbonyl (C=O) groups excluding carboxylic acids is 2. The number of amides is 2. The van der Waals surface area contributed by atoms with Gasteiger partial charge in [-0.05, 0) is 24.6 Å². The van der Waals surface area contributed by atoms with E-state index in [0.29, 0.717) is 25.7 Å². The summed E-state index contributed by atoms with van der Waals surface area (Å²) >= 11 is 4.72. The summed E-state index contributed by atoms with van der Waals surface area (Å²) in [5, 5.41) is 5.41. The van der Waals surface area contributed by atoms with Crippen LogP contribution in [0, 0.1) is 12.3 Å².